The predicted molar refractivity (Wildman–Crippen MR) is 108 cm³/mol. The third-order valence-corrected chi connectivity index (χ3v) is 3.88. The van der Waals surface area contributed by atoms with Gasteiger partial charge in [-0.2, -0.15) is 0 Å². The summed E-state index contributed by atoms with van der Waals surface area (Å²) in [6, 6.07) is 11.1. The van der Waals surface area contributed by atoms with Crippen LogP contribution in [-0.2, 0) is 11.3 Å². The Hall–Kier alpha value is -2.47. The van der Waals surface area contributed by atoms with E-state index < -0.39 is 0 Å². The van der Waals surface area contributed by atoms with Gasteiger partial charge in [0.1, 0.15) is 0 Å². The predicted octanol–water partition coefficient (Wildman–Crippen LogP) is 3.12. The molecule has 2 aromatic rings. The molecular formula is C19H26ClN5O. The quantitative estimate of drug-likeness (QED) is 0.358. The second kappa shape index (κ2) is 11.2. The van der Waals surface area contributed by atoms with Gasteiger partial charge in [-0.25, -0.2) is 0 Å². The van der Waals surface area contributed by atoms with E-state index in [0.717, 1.165) is 31.3 Å². The van der Waals surface area contributed by atoms with Crippen molar-refractivity contribution in [3.8, 4) is 0 Å². The smallest absolute Gasteiger partial charge is 0.224 e. The summed E-state index contributed by atoms with van der Waals surface area (Å²) >= 11 is 5.83. The van der Waals surface area contributed by atoms with E-state index in [2.05, 4.69) is 25.5 Å². The molecule has 0 aliphatic rings. The molecule has 3 N–H and O–H groups in total. The van der Waals surface area contributed by atoms with E-state index >= 15 is 0 Å². The number of nitrogens with one attached hydrogen (secondary N) is 3. The SMILES string of the molecule is CCNC(=NCCCC(=O)Nc1ccc(Cl)cc1)NCCn1cccc1. The van der Waals surface area contributed by atoms with Gasteiger partial charge in [-0.05, 0) is 49.7 Å². The van der Waals surface area contributed by atoms with Gasteiger partial charge in [-0.15, -0.1) is 0 Å². The molecule has 1 aromatic heterocycles. The van der Waals surface area contributed by atoms with E-state index in [0.29, 0.717) is 24.4 Å². The first-order valence-electron chi connectivity index (χ1n) is 8.85. The van der Waals surface area contributed by atoms with E-state index in [1.165, 1.54) is 0 Å². The summed E-state index contributed by atoms with van der Waals surface area (Å²) in [7, 11) is 0. The number of halogens is 1. The third-order valence-electron chi connectivity index (χ3n) is 3.63. The van der Waals surface area contributed by atoms with Gasteiger partial charge in [-0.1, -0.05) is 11.6 Å². The molecule has 1 amide bonds. The van der Waals surface area contributed by atoms with Crippen LogP contribution in [-0.4, -0.2) is 36.1 Å². The van der Waals surface area contributed by atoms with Crippen LogP contribution in [0.5, 0.6) is 0 Å². The summed E-state index contributed by atoms with van der Waals surface area (Å²) in [5.41, 5.74) is 0.753. The molecular weight excluding hydrogens is 350 g/mol. The molecule has 2 rings (SSSR count). The maximum absolute atomic E-state index is 11.9. The Balaban J connectivity index is 1.67. The first-order valence-corrected chi connectivity index (χ1v) is 9.23. The van der Waals surface area contributed by atoms with Crippen LogP contribution in [0.2, 0.25) is 5.02 Å². The van der Waals surface area contributed by atoms with Crippen LogP contribution in [0.4, 0.5) is 5.69 Å². The van der Waals surface area contributed by atoms with E-state index in [-0.39, 0.29) is 5.91 Å². The highest BCUT2D eigenvalue weighted by Crippen LogP contribution is 2.13. The fourth-order valence-electron chi connectivity index (χ4n) is 2.35. The summed E-state index contributed by atoms with van der Waals surface area (Å²) in [4.78, 5) is 16.5. The van der Waals surface area contributed by atoms with E-state index in [9.17, 15) is 4.79 Å². The number of carbonyl (C=O) groups excluding carboxylic acids is 1. The normalized spacial score (nSPS) is 11.2. The largest absolute Gasteiger partial charge is 0.357 e. The molecule has 7 heteroatoms. The van der Waals surface area contributed by atoms with E-state index in [4.69, 9.17) is 11.6 Å². The molecule has 0 bridgehead atoms. The van der Waals surface area contributed by atoms with Gasteiger partial charge in [0.15, 0.2) is 5.96 Å². The summed E-state index contributed by atoms with van der Waals surface area (Å²) in [6.07, 6.45) is 5.18. The third kappa shape index (κ3) is 7.61. The zero-order chi connectivity index (χ0) is 18.6. The number of aliphatic imine (C=N–C) groups is 1. The molecule has 0 unspecified atom stereocenters. The number of amides is 1. The zero-order valence-electron chi connectivity index (χ0n) is 15.0. The first kappa shape index (κ1) is 19.8. The lowest BCUT2D eigenvalue weighted by molar-refractivity contribution is -0.116. The Bertz CT molecular complexity index is 682. The zero-order valence-corrected chi connectivity index (χ0v) is 15.8. The minimum atomic E-state index is -0.0203. The first-order chi connectivity index (χ1) is 12.7. The summed E-state index contributed by atoms with van der Waals surface area (Å²) in [5, 5.41) is 10.0. The van der Waals surface area contributed by atoms with E-state index in [1.807, 2.05) is 31.5 Å². The molecule has 1 heterocycles. The van der Waals surface area contributed by atoms with Crippen molar-refractivity contribution < 1.29 is 4.79 Å². The van der Waals surface area contributed by atoms with Gasteiger partial charge in [0.05, 0.1) is 0 Å². The van der Waals surface area contributed by atoms with Crippen LogP contribution in [0.15, 0.2) is 53.8 Å². The van der Waals surface area contributed by atoms with Crippen LogP contribution >= 0.6 is 11.6 Å². The van der Waals surface area contributed by atoms with Crippen LogP contribution in [0.1, 0.15) is 19.8 Å². The molecule has 1 aromatic carbocycles. The Kier molecular flexibility index (Phi) is 8.55. The average molecular weight is 376 g/mol. The number of aromatic nitrogens is 1. The lowest BCUT2D eigenvalue weighted by Gasteiger charge is -2.11. The highest BCUT2D eigenvalue weighted by Gasteiger charge is 2.03. The Morgan fingerprint density at radius 2 is 1.88 bits per heavy atom. The lowest BCUT2D eigenvalue weighted by atomic mass is 10.2. The molecule has 0 aliphatic heterocycles. The van der Waals surface area contributed by atoms with Crippen molar-refractivity contribution in [3.63, 3.8) is 0 Å². The monoisotopic (exact) mass is 375 g/mol. The number of nitrogens with zero attached hydrogens (tertiary/aromatic N) is 2. The average Bonchev–Trinajstić information content (AvgIpc) is 3.14. The second-order valence-electron chi connectivity index (χ2n) is 5.77. The van der Waals surface area contributed by atoms with E-state index in [1.54, 1.807) is 24.3 Å². The molecule has 26 heavy (non-hydrogen) atoms. The van der Waals surface area contributed by atoms with Crippen molar-refractivity contribution in [2.75, 3.05) is 25.0 Å². The van der Waals surface area contributed by atoms with Crippen molar-refractivity contribution >= 4 is 29.2 Å². The molecule has 0 aliphatic carbocycles. The molecule has 0 atom stereocenters. The highest BCUT2D eigenvalue weighted by atomic mass is 35.5. The minimum absolute atomic E-state index is 0.0203. The molecule has 0 saturated carbocycles. The van der Waals surface area contributed by atoms with Gasteiger partial charge < -0.3 is 20.5 Å². The topological polar surface area (TPSA) is 70.4 Å². The van der Waals surface area contributed by atoms with Crippen molar-refractivity contribution in [1.82, 2.24) is 15.2 Å². The number of hydrogen-bond donors (Lipinski definition) is 3. The van der Waals surface area contributed by atoms with Gasteiger partial charge in [-0.3, -0.25) is 9.79 Å². The number of guanidine groups is 1. The van der Waals surface area contributed by atoms with Crippen LogP contribution in [0.3, 0.4) is 0 Å². The van der Waals surface area contributed by atoms with Crippen molar-refractivity contribution in [3.05, 3.63) is 53.8 Å². The molecule has 0 spiro atoms. The number of carbonyl (C=O) groups is 1. The van der Waals surface area contributed by atoms with Gasteiger partial charge >= 0.3 is 0 Å². The fraction of sp³-hybridized carbons (Fsp3) is 0.368. The summed E-state index contributed by atoms with van der Waals surface area (Å²) in [6.45, 7) is 5.08. The van der Waals surface area contributed by atoms with Crippen LogP contribution in [0.25, 0.3) is 0 Å². The summed E-state index contributed by atoms with van der Waals surface area (Å²) < 4.78 is 2.11. The molecule has 0 fully saturated rings. The maximum atomic E-state index is 11.9. The second-order valence-corrected chi connectivity index (χ2v) is 6.20. The maximum Gasteiger partial charge on any atom is 0.224 e. The Morgan fingerprint density at radius 1 is 1.15 bits per heavy atom. The fourth-order valence-corrected chi connectivity index (χ4v) is 2.48. The number of benzene rings is 1. The van der Waals surface area contributed by atoms with Gasteiger partial charge in [0.25, 0.3) is 0 Å². The molecule has 0 saturated heterocycles. The highest BCUT2D eigenvalue weighted by molar-refractivity contribution is 6.30. The molecule has 6 nitrogen and oxygen atoms in total. The Morgan fingerprint density at radius 3 is 2.58 bits per heavy atom. The standard InChI is InChI=1S/C19H26ClN5O/c1-2-21-19(23-12-15-25-13-3-4-14-25)22-11-5-6-18(26)24-17-9-7-16(20)8-10-17/h3-4,7-10,13-14H,2,5-6,11-12,15H2,1H3,(H,24,26)(H2,21,22,23). The van der Waals surface area contributed by atoms with Crippen molar-refractivity contribution in [2.45, 2.75) is 26.3 Å². The van der Waals surface area contributed by atoms with Crippen LogP contribution < -0.4 is 16.0 Å². The lowest BCUT2D eigenvalue weighted by Crippen LogP contribution is -2.38. The van der Waals surface area contributed by atoms with Crippen molar-refractivity contribution in [1.29, 1.82) is 0 Å². The number of hydrogen-bond acceptors (Lipinski definition) is 2. The summed E-state index contributed by atoms with van der Waals surface area (Å²) in [5.74, 6) is 0.755. The molecule has 0 radical (unpaired) electrons. The van der Waals surface area contributed by atoms with Crippen molar-refractivity contribution in [2.24, 2.45) is 4.99 Å². The van der Waals surface area contributed by atoms with Gasteiger partial charge in [0, 0.05) is 55.7 Å². The van der Waals surface area contributed by atoms with Gasteiger partial charge in [0.2, 0.25) is 5.91 Å². The Labute approximate surface area is 159 Å². The number of rotatable bonds is 9. The number of anilines is 1. The minimum Gasteiger partial charge on any atom is -0.357 e. The van der Waals surface area contributed by atoms with Crippen LogP contribution in [0, 0.1) is 0 Å². The molecule has 140 valence electrons.